The highest BCUT2D eigenvalue weighted by atomic mass is 79.9. The molecule has 2 aromatic rings. The lowest BCUT2D eigenvalue weighted by Crippen LogP contribution is -2.25. The van der Waals surface area contributed by atoms with Gasteiger partial charge in [0, 0.05) is 18.4 Å². The Morgan fingerprint density at radius 1 is 1.21 bits per heavy atom. The fraction of sp³-hybridized carbons (Fsp3) is 0.312. The van der Waals surface area contributed by atoms with Gasteiger partial charge < -0.3 is 4.90 Å². The number of aryl methyl sites for hydroxylation is 3. The molecule has 0 amide bonds. The van der Waals surface area contributed by atoms with Gasteiger partial charge in [-0.05, 0) is 65.9 Å². The molecule has 0 saturated heterocycles. The van der Waals surface area contributed by atoms with Crippen molar-refractivity contribution in [3.05, 3.63) is 51.6 Å². The van der Waals surface area contributed by atoms with Crippen LogP contribution in [-0.2, 0) is 6.42 Å². The van der Waals surface area contributed by atoms with Crippen LogP contribution in [0.2, 0.25) is 0 Å². The van der Waals surface area contributed by atoms with Crippen molar-refractivity contribution in [3.8, 4) is 0 Å². The third kappa shape index (κ3) is 2.27. The van der Waals surface area contributed by atoms with Crippen LogP contribution in [0.3, 0.4) is 0 Å². The minimum atomic E-state index is 1.03. The van der Waals surface area contributed by atoms with Crippen LogP contribution >= 0.6 is 15.9 Å². The SMILES string of the molecule is Cc1ccc2c(c1)CCCN2c1nccc(C)c1Br. The number of nitrogens with zero attached hydrogens (tertiary/aromatic N) is 2. The monoisotopic (exact) mass is 316 g/mol. The zero-order chi connectivity index (χ0) is 13.4. The molecule has 0 aliphatic carbocycles. The lowest BCUT2D eigenvalue weighted by molar-refractivity contribution is 0.757. The second kappa shape index (κ2) is 4.97. The molecule has 2 heterocycles. The molecule has 1 aromatic carbocycles. The van der Waals surface area contributed by atoms with E-state index in [4.69, 9.17) is 0 Å². The minimum Gasteiger partial charge on any atom is -0.325 e. The van der Waals surface area contributed by atoms with Gasteiger partial charge in [0.15, 0.2) is 0 Å². The van der Waals surface area contributed by atoms with E-state index in [2.05, 4.69) is 57.9 Å². The Morgan fingerprint density at radius 2 is 2.05 bits per heavy atom. The van der Waals surface area contributed by atoms with Gasteiger partial charge >= 0.3 is 0 Å². The molecule has 0 saturated carbocycles. The third-order valence-electron chi connectivity index (χ3n) is 3.67. The summed E-state index contributed by atoms with van der Waals surface area (Å²) in [7, 11) is 0. The minimum absolute atomic E-state index is 1.03. The normalized spacial score (nSPS) is 14.4. The molecule has 3 rings (SSSR count). The molecule has 98 valence electrons. The molecule has 0 fully saturated rings. The Kier molecular flexibility index (Phi) is 3.31. The lowest BCUT2D eigenvalue weighted by atomic mass is 9.99. The van der Waals surface area contributed by atoms with Gasteiger partial charge in [0.05, 0.1) is 4.47 Å². The average molecular weight is 317 g/mol. The maximum atomic E-state index is 4.56. The van der Waals surface area contributed by atoms with Gasteiger partial charge in [-0.15, -0.1) is 0 Å². The molecule has 0 atom stereocenters. The predicted octanol–water partition coefficient (Wildman–Crippen LogP) is 4.55. The van der Waals surface area contributed by atoms with Crippen LogP contribution in [0.5, 0.6) is 0 Å². The van der Waals surface area contributed by atoms with Crippen LogP contribution in [0.1, 0.15) is 23.1 Å². The number of hydrogen-bond acceptors (Lipinski definition) is 2. The first kappa shape index (κ1) is 12.7. The van der Waals surface area contributed by atoms with E-state index < -0.39 is 0 Å². The molecular formula is C16H17BrN2. The number of benzene rings is 1. The summed E-state index contributed by atoms with van der Waals surface area (Å²) in [4.78, 5) is 6.89. The van der Waals surface area contributed by atoms with E-state index in [1.165, 1.54) is 28.8 Å². The quantitative estimate of drug-likeness (QED) is 0.767. The summed E-state index contributed by atoms with van der Waals surface area (Å²) in [6.07, 6.45) is 4.23. The van der Waals surface area contributed by atoms with Crippen molar-refractivity contribution in [2.24, 2.45) is 0 Å². The Bertz CT molecular complexity index is 622. The van der Waals surface area contributed by atoms with E-state index in [1.54, 1.807) is 0 Å². The van der Waals surface area contributed by atoms with Crippen LogP contribution in [0.4, 0.5) is 11.5 Å². The Balaban J connectivity index is 2.11. The number of pyridine rings is 1. The number of fused-ring (bicyclic) bond motifs is 1. The van der Waals surface area contributed by atoms with Gasteiger partial charge in [-0.25, -0.2) is 4.98 Å². The lowest BCUT2D eigenvalue weighted by Gasteiger charge is -2.31. The number of halogens is 1. The maximum absolute atomic E-state index is 4.56. The van der Waals surface area contributed by atoms with E-state index in [1.807, 2.05) is 12.3 Å². The zero-order valence-corrected chi connectivity index (χ0v) is 12.9. The Hall–Kier alpha value is -1.35. The van der Waals surface area contributed by atoms with Crippen molar-refractivity contribution in [1.82, 2.24) is 4.98 Å². The Morgan fingerprint density at radius 3 is 2.89 bits per heavy atom. The van der Waals surface area contributed by atoms with Crippen LogP contribution in [0.15, 0.2) is 34.9 Å². The van der Waals surface area contributed by atoms with Gasteiger partial charge in [0.2, 0.25) is 0 Å². The molecule has 2 nitrogen and oxygen atoms in total. The number of hydrogen-bond donors (Lipinski definition) is 0. The maximum Gasteiger partial charge on any atom is 0.147 e. The highest BCUT2D eigenvalue weighted by molar-refractivity contribution is 9.10. The van der Waals surface area contributed by atoms with Gasteiger partial charge in [0.25, 0.3) is 0 Å². The smallest absolute Gasteiger partial charge is 0.147 e. The molecule has 3 heteroatoms. The number of anilines is 2. The van der Waals surface area contributed by atoms with Crippen LogP contribution in [-0.4, -0.2) is 11.5 Å². The average Bonchev–Trinajstić information content (AvgIpc) is 2.41. The largest absolute Gasteiger partial charge is 0.325 e. The molecule has 1 aliphatic rings. The first-order chi connectivity index (χ1) is 9.16. The van der Waals surface area contributed by atoms with Crippen LogP contribution < -0.4 is 4.90 Å². The number of rotatable bonds is 1. The molecule has 0 radical (unpaired) electrons. The van der Waals surface area contributed by atoms with Crippen molar-refractivity contribution in [2.75, 3.05) is 11.4 Å². The van der Waals surface area contributed by atoms with Crippen molar-refractivity contribution < 1.29 is 0 Å². The topological polar surface area (TPSA) is 16.1 Å². The van der Waals surface area contributed by atoms with Gasteiger partial charge in [-0.3, -0.25) is 0 Å². The molecule has 1 aromatic heterocycles. The Labute approximate surface area is 122 Å². The molecule has 0 spiro atoms. The van der Waals surface area contributed by atoms with Crippen molar-refractivity contribution >= 4 is 27.4 Å². The van der Waals surface area contributed by atoms with Crippen molar-refractivity contribution in [3.63, 3.8) is 0 Å². The van der Waals surface area contributed by atoms with Crippen molar-refractivity contribution in [1.29, 1.82) is 0 Å². The first-order valence-electron chi connectivity index (χ1n) is 6.65. The van der Waals surface area contributed by atoms with Gasteiger partial charge in [0.1, 0.15) is 5.82 Å². The second-order valence-corrected chi connectivity index (χ2v) is 5.95. The van der Waals surface area contributed by atoms with E-state index in [0.29, 0.717) is 0 Å². The molecule has 19 heavy (non-hydrogen) atoms. The summed E-state index contributed by atoms with van der Waals surface area (Å²) < 4.78 is 1.10. The predicted molar refractivity (Wildman–Crippen MR) is 83.2 cm³/mol. The fourth-order valence-electron chi connectivity index (χ4n) is 2.66. The molecule has 1 aliphatic heterocycles. The van der Waals surface area contributed by atoms with E-state index in [-0.39, 0.29) is 0 Å². The molecule has 0 unspecified atom stereocenters. The van der Waals surface area contributed by atoms with Crippen LogP contribution in [0, 0.1) is 13.8 Å². The highest BCUT2D eigenvalue weighted by Crippen LogP contribution is 2.37. The van der Waals surface area contributed by atoms with Crippen molar-refractivity contribution in [2.45, 2.75) is 26.7 Å². The fourth-order valence-corrected chi connectivity index (χ4v) is 3.11. The molecule has 0 bridgehead atoms. The summed E-state index contributed by atoms with van der Waals surface area (Å²) in [6.45, 7) is 5.29. The second-order valence-electron chi connectivity index (χ2n) is 5.15. The highest BCUT2D eigenvalue weighted by Gasteiger charge is 2.21. The summed E-state index contributed by atoms with van der Waals surface area (Å²) in [6, 6.07) is 8.74. The number of aromatic nitrogens is 1. The molecule has 0 N–H and O–H groups in total. The van der Waals surface area contributed by atoms with Crippen LogP contribution in [0.25, 0.3) is 0 Å². The summed E-state index contributed by atoms with van der Waals surface area (Å²) in [5.41, 5.74) is 5.29. The molecular weight excluding hydrogens is 300 g/mol. The van der Waals surface area contributed by atoms with Gasteiger partial charge in [-0.2, -0.15) is 0 Å². The van der Waals surface area contributed by atoms with E-state index in [9.17, 15) is 0 Å². The zero-order valence-electron chi connectivity index (χ0n) is 11.3. The van der Waals surface area contributed by atoms with Gasteiger partial charge in [-0.1, -0.05) is 17.7 Å². The summed E-state index contributed by atoms with van der Waals surface area (Å²) >= 11 is 3.68. The third-order valence-corrected chi connectivity index (χ3v) is 4.65. The standard InChI is InChI=1S/C16H17BrN2/c1-11-5-6-14-13(10-11)4-3-9-19(14)16-15(17)12(2)7-8-18-16/h5-8,10H,3-4,9H2,1-2H3. The van der Waals surface area contributed by atoms with E-state index >= 15 is 0 Å². The summed E-state index contributed by atoms with van der Waals surface area (Å²) in [5, 5.41) is 0. The first-order valence-corrected chi connectivity index (χ1v) is 7.44. The van der Waals surface area contributed by atoms with E-state index in [0.717, 1.165) is 23.3 Å². The summed E-state index contributed by atoms with van der Waals surface area (Å²) in [5.74, 6) is 1.03.